The van der Waals surface area contributed by atoms with Gasteiger partial charge in [-0.3, -0.25) is 9.48 Å². The summed E-state index contributed by atoms with van der Waals surface area (Å²) in [5, 5.41) is 17.5. The summed E-state index contributed by atoms with van der Waals surface area (Å²) in [7, 11) is 1.82. The van der Waals surface area contributed by atoms with Gasteiger partial charge in [-0.2, -0.15) is 10.4 Å². The number of nitrogens with one attached hydrogen (secondary N) is 1. The summed E-state index contributed by atoms with van der Waals surface area (Å²) < 4.78 is 1.70. The Bertz CT molecular complexity index is 719. The fourth-order valence-electron chi connectivity index (χ4n) is 3.08. The van der Waals surface area contributed by atoms with Crippen molar-refractivity contribution in [2.24, 2.45) is 7.05 Å². The molecule has 0 aliphatic heterocycles. The van der Waals surface area contributed by atoms with Crippen molar-refractivity contribution >= 4 is 16.8 Å². The molecule has 1 aromatic heterocycles. The van der Waals surface area contributed by atoms with E-state index < -0.39 is 5.54 Å². The molecule has 2 aromatic rings. The second-order valence-corrected chi connectivity index (χ2v) is 5.70. The summed E-state index contributed by atoms with van der Waals surface area (Å²) in [5.74, 6) is -0.254. The summed E-state index contributed by atoms with van der Waals surface area (Å²) in [6, 6.07) is 9.93. The number of benzene rings is 1. The number of carbonyl (C=O) groups is 1. The molecular weight excluding hydrogens is 264 g/mol. The smallest absolute Gasteiger partial charge is 0.273 e. The zero-order valence-electron chi connectivity index (χ0n) is 12.1. The van der Waals surface area contributed by atoms with Crippen LogP contribution in [-0.2, 0) is 7.05 Å². The molecule has 0 saturated heterocycles. The van der Waals surface area contributed by atoms with Crippen LogP contribution in [0.5, 0.6) is 0 Å². The molecule has 1 aromatic carbocycles. The van der Waals surface area contributed by atoms with Crippen LogP contribution in [0, 0.1) is 11.3 Å². The van der Waals surface area contributed by atoms with Crippen LogP contribution in [0.1, 0.15) is 42.6 Å². The molecule has 0 unspecified atom stereocenters. The van der Waals surface area contributed by atoms with Crippen molar-refractivity contribution in [1.82, 2.24) is 15.1 Å². The Hall–Kier alpha value is -2.35. The molecule has 0 radical (unpaired) electrons. The first-order valence-corrected chi connectivity index (χ1v) is 7.31. The van der Waals surface area contributed by atoms with E-state index in [-0.39, 0.29) is 5.91 Å². The highest BCUT2D eigenvalue weighted by atomic mass is 16.2. The van der Waals surface area contributed by atoms with E-state index in [1.807, 2.05) is 31.3 Å². The second kappa shape index (κ2) is 5.21. The first-order chi connectivity index (χ1) is 10.2. The molecule has 0 bridgehead atoms. The van der Waals surface area contributed by atoms with Crippen molar-refractivity contribution < 1.29 is 4.79 Å². The fraction of sp³-hybridized carbons (Fsp3) is 0.438. The van der Waals surface area contributed by atoms with Crippen molar-refractivity contribution in [2.45, 2.75) is 37.6 Å². The van der Waals surface area contributed by atoms with Crippen LogP contribution < -0.4 is 5.32 Å². The topological polar surface area (TPSA) is 70.7 Å². The number of hydrogen-bond donors (Lipinski definition) is 1. The molecule has 1 N–H and O–H groups in total. The molecule has 1 fully saturated rings. The highest BCUT2D eigenvalue weighted by Gasteiger charge is 2.34. The monoisotopic (exact) mass is 282 g/mol. The van der Waals surface area contributed by atoms with Gasteiger partial charge in [0.1, 0.15) is 5.54 Å². The molecule has 1 amide bonds. The Balaban J connectivity index is 1.92. The molecule has 1 heterocycles. The average Bonchev–Trinajstić information content (AvgIpc) is 2.86. The zero-order chi connectivity index (χ0) is 14.9. The summed E-state index contributed by atoms with van der Waals surface area (Å²) in [5.41, 5.74) is 0.583. The van der Waals surface area contributed by atoms with Gasteiger partial charge in [-0.05, 0) is 18.9 Å². The maximum Gasteiger partial charge on any atom is 0.273 e. The van der Waals surface area contributed by atoms with Crippen LogP contribution in [0.3, 0.4) is 0 Å². The normalized spacial score (nSPS) is 17.3. The molecule has 1 aliphatic rings. The number of nitriles is 1. The highest BCUT2D eigenvalue weighted by molar-refractivity contribution is 6.05. The molecule has 1 saturated carbocycles. The van der Waals surface area contributed by atoms with Crippen LogP contribution >= 0.6 is 0 Å². The van der Waals surface area contributed by atoms with Gasteiger partial charge in [-0.15, -0.1) is 0 Å². The molecule has 0 atom stereocenters. The van der Waals surface area contributed by atoms with Gasteiger partial charge < -0.3 is 5.32 Å². The Morgan fingerprint density at radius 1 is 1.33 bits per heavy atom. The molecule has 0 spiro atoms. The lowest BCUT2D eigenvalue weighted by atomic mass is 9.83. The Labute approximate surface area is 123 Å². The molecular formula is C16H18N4O. The zero-order valence-corrected chi connectivity index (χ0v) is 12.1. The molecule has 21 heavy (non-hydrogen) atoms. The Morgan fingerprint density at radius 3 is 2.76 bits per heavy atom. The van der Waals surface area contributed by atoms with E-state index in [2.05, 4.69) is 16.5 Å². The number of amides is 1. The van der Waals surface area contributed by atoms with Crippen molar-refractivity contribution in [3.63, 3.8) is 0 Å². The Morgan fingerprint density at radius 2 is 2.05 bits per heavy atom. The SMILES string of the molecule is Cn1nc(C(=O)NC2(C#N)CCCCC2)c2ccccc21. The number of aromatic nitrogens is 2. The fourth-order valence-corrected chi connectivity index (χ4v) is 3.08. The van der Waals surface area contributed by atoms with Gasteiger partial charge in [0.15, 0.2) is 5.69 Å². The third-order valence-electron chi connectivity index (χ3n) is 4.25. The van der Waals surface area contributed by atoms with Crippen molar-refractivity contribution in [1.29, 1.82) is 5.26 Å². The lowest BCUT2D eigenvalue weighted by Crippen LogP contribution is -2.48. The maximum absolute atomic E-state index is 12.6. The molecule has 108 valence electrons. The number of nitrogens with zero attached hydrogens (tertiary/aromatic N) is 3. The van der Waals surface area contributed by atoms with Gasteiger partial charge in [-0.1, -0.05) is 37.5 Å². The van der Waals surface area contributed by atoms with Crippen LogP contribution in [0.4, 0.5) is 0 Å². The first-order valence-electron chi connectivity index (χ1n) is 7.31. The highest BCUT2D eigenvalue weighted by Crippen LogP contribution is 2.28. The average molecular weight is 282 g/mol. The minimum Gasteiger partial charge on any atom is -0.332 e. The van der Waals surface area contributed by atoms with E-state index in [0.29, 0.717) is 5.69 Å². The van der Waals surface area contributed by atoms with Crippen LogP contribution in [0.25, 0.3) is 10.9 Å². The lowest BCUT2D eigenvalue weighted by Gasteiger charge is -2.31. The number of hydrogen-bond acceptors (Lipinski definition) is 3. The van der Waals surface area contributed by atoms with E-state index in [1.165, 1.54) is 0 Å². The first kappa shape index (κ1) is 13.6. The number of aryl methyl sites for hydroxylation is 1. The number of rotatable bonds is 2. The van der Waals surface area contributed by atoms with E-state index in [1.54, 1.807) is 4.68 Å². The minimum absolute atomic E-state index is 0.254. The standard InChI is InChI=1S/C16H18N4O/c1-20-13-8-4-3-7-12(13)14(19-20)15(21)18-16(11-17)9-5-2-6-10-16/h3-4,7-8H,2,5-6,9-10H2,1H3,(H,18,21). The predicted molar refractivity (Wildman–Crippen MR) is 79.6 cm³/mol. The van der Waals surface area contributed by atoms with Gasteiger partial charge >= 0.3 is 0 Å². The van der Waals surface area contributed by atoms with E-state index in [0.717, 1.165) is 43.0 Å². The van der Waals surface area contributed by atoms with E-state index in [4.69, 9.17) is 0 Å². The van der Waals surface area contributed by atoms with Crippen molar-refractivity contribution in [2.75, 3.05) is 0 Å². The molecule has 5 heteroatoms. The number of fused-ring (bicyclic) bond motifs is 1. The second-order valence-electron chi connectivity index (χ2n) is 5.70. The third kappa shape index (κ3) is 2.38. The Kier molecular flexibility index (Phi) is 3.38. The predicted octanol–water partition coefficient (Wildman–Crippen LogP) is 2.53. The summed E-state index contributed by atoms with van der Waals surface area (Å²) in [6.07, 6.45) is 4.54. The van der Waals surface area contributed by atoms with Crippen molar-refractivity contribution in [3.8, 4) is 6.07 Å². The van der Waals surface area contributed by atoms with Gasteiger partial charge in [-0.25, -0.2) is 0 Å². The largest absolute Gasteiger partial charge is 0.332 e. The maximum atomic E-state index is 12.6. The van der Waals surface area contributed by atoms with Gasteiger partial charge in [0.05, 0.1) is 11.6 Å². The number of para-hydroxylation sites is 1. The quantitative estimate of drug-likeness (QED) is 0.920. The van der Waals surface area contributed by atoms with Crippen molar-refractivity contribution in [3.05, 3.63) is 30.0 Å². The van der Waals surface area contributed by atoms with Crippen LogP contribution in [0.15, 0.2) is 24.3 Å². The number of carbonyl (C=O) groups excluding carboxylic acids is 1. The summed E-state index contributed by atoms with van der Waals surface area (Å²) in [6.45, 7) is 0. The van der Waals surface area contributed by atoms with E-state index >= 15 is 0 Å². The van der Waals surface area contributed by atoms with Gasteiger partial charge in [0, 0.05) is 12.4 Å². The van der Waals surface area contributed by atoms with E-state index in [9.17, 15) is 10.1 Å². The van der Waals surface area contributed by atoms with Crippen LogP contribution in [-0.4, -0.2) is 21.2 Å². The molecule has 5 nitrogen and oxygen atoms in total. The third-order valence-corrected chi connectivity index (χ3v) is 4.25. The van der Waals surface area contributed by atoms with Crippen LogP contribution in [0.2, 0.25) is 0 Å². The summed E-state index contributed by atoms with van der Waals surface area (Å²) in [4.78, 5) is 12.6. The lowest BCUT2D eigenvalue weighted by molar-refractivity contribution is 0.0898. The molecule has 1 aliphatic carbocycles. The minimum atomic E-state index is -0.728. The molecule has 3 rings (SSSR count). The van der Waals surface area contributed by atoms with Gasteiger partial charge in [0.2, 0.25) is 0 Å². The van der Waals surface area contributed by atoms with Gasteiger partial charge in [0.25, 0.3) is 5.91 Å². The summed E-state index contributed by atoms with van der Waals surface area (Å²) >= 11 is 0.